The molecule has 2 saturated heterocycles. The Morgan fingerprint density at radius 1 is 1.02 bits per heavy atom. The second-order valence-corrected chi connectivity index (χ2v) is 13.6. The van der Waals surface area contributed by atoms with Gasteiger partial charge >= 0.3 is 12.2 Å². The Morgan fingerprint density at radius 3 is 2.51 bits per heavy atom. The lowest BCUT2D eigenvalue weighted by molar-refractivity contribution is -0.136. The molecule has 2 aromatic carbocycles. The number of ether oxygens (including phenoxy) is 2. The van der Waals surface area contributed by atoms with E-state index < -0.39 is 23.8 Å². The second kappa shape index (κ2) is 12.7. The summed E-state index contributed by atoms with van der Waals surface area (Å²) in [5.74, 6) is -0.720. The van der Waals surface area contributed by atoms with Crippen molar-refractivity contribution in [3.63, 3.8) is 0 Å². The van der Waals surface area contributed by atoms with E-state index in [1.807, 2.05) is 41.4 Å². The minimum absolute atomic E-state index is 0.000626. The molecule has 9 nitrogen and oxygen atoms in total. The Bertz CT molecular complexity index is 1530. The van der Waals surface area contributed by atoms with Gasteiger partial charge < -0.3 is 29.6 Å². The number of aromatic amines is 1. The molecule has 0 bridgehead atoms. The zero-order chi connectivity index (χ0) is 31.7. The van der Waals surface area contributed by atoms with Gasteiger partial charge in [-0.1, -0.05) is 49.6 Å². The Balaban J connectivity index is 1.30. The maximum Gasteiger partial charge on any atom is 0.410 e. The number of alkyl carbamates (subject to hydrolysis) is 1. The number of carbonyl (C=O) groups excluding carboxylic acids is 3. The predicted molar refractivity (Wildman–Crippen MR) is 168 cm³/mol. The van der Waals surface area contributed by atoms with Crippen molar-refractivity contribution in [2.24, 2.45) is 5.92 Å². The van der Waals surface area contributed by atoms with E-state index in [1.165, 1.54) is 12.1 Å². The highest BCUT2D eigenvalue weighted by molar-refractivity contribution is 5.88. The maximum atomic E-state index is 14.6. The van der Waals surface area contributed by atoms with Gasteiger partial charge in [0.25, 0.3) is 0 Å². The van der Waals surface area contributed by atoms with Gasteiger partial charge in [-0.05, 0) is 75.3 Å². The highest BCUT2D eigenvalue weighted by Crippen LogP contribution is 2.44. The van der Waals surface area contributed by atoms with E-state index in [2.05, 4.69) is 10.3 Å². The summed E-state index contributed by atoms with van der Waals surface area (Å²) in [7, 11) is 0. The molecule has 2 N–H and O–H groups in total. The molecule has 3 fully saturated rings. The molecule has 3 aliphatic rings. The normalized spacial score (nSPS) is 22.7. The monoisotopic (exact) mass is 618 g/mol. The SMILES string of the molecule is CC(C)(C)OC(=O)N[C@H](C(=O)N1CC[C@@H]2[C@H]1[C@@H](c1c[nH]c3cc(F)ccc13)CN2C(=O)OCc1ccccc1)C1CCCCC1. The zero-order valence-corrected chi connectivity index (χ0v) is 26.3. The summed E-state index contributed by atoms with van der Waals surface area (Å²) >= 11 is 0. The lowest BCUT2D eigenvalue weighted by atomic mass is 9.83. The molecule has 1 saturated carbocycles. The van der Waals surface area contributed by atoms with Gasteiger partial charge in [0, 0.05) is 36.1 Å². The van der Waals surface area contributed by atoms with Crippen LogP contribution in [0.1, 0.15) is 76.3 Å². The number of halogens is 1. The van der Waals surface area contributed by atoms with Gasteiger partial charge in [-0.3, -0.25) is 4.79 Å². The minimum atomic E-state index is -0.726. The molecule has 6 rings (SSSR count). The third-order valence-electron chi connectivity index (χ3n) is 9.48. The van der Waals surface area contributed by atoms with E-state index in [9.17, 15) is 18.8 Å². The Morgan fingerprint density at radius 2 is 1.78 bits per heavy atom. The number of hydrogen-bond donors (Lipinski definition) is 2. The summed E-state index contributed by atoms with van der Waals surface area (Å²) in [5.41, 5.74) is 1.78. The molecule has 10 heteroatoms. The van der Waals surface area contributed by atoms with Crippen LogP contribution >= 0.6 is 0 Å². The molecule has 240 valence electrons. The molecule has 4 atom stereocenters. The third kappa shape index (κ3) is 6.65. The van der Waals surface area contributed by atoms with Crippen molar-refractivity contribution in [1.29, 1.82) is 0 Å². The fourth-order valence-electron chi connectivity index (χ4n) is 7.52. The van der Waals surface area contributed by atoms with Crippen molar-refractivity contribution < 1.29 is 28.2 Å². The van der Waals surface area contributed by atoms with E-state index in [0.29, 0.717) is 25.0 Å². The van der Waals surface area contributed by atoms with Gasteiger partial charge in [0.1, 0.15) is 24.1 Å². The summed E-state index contributed by atoms with van der Waals surface area (Å²) < 4.78 is 25.4. The Labute approximate surface area is 263 Å². The van der Waals surface area contributed by atoms with Crippen LogP contribution in [-0.4, -0.2) is 69.7 Å². The van der Waals surface area contributed by atoms with E-state index in [4.69, 9.17) is 9.47 Å². The number of fused-ring (bicyclic) bond motifs is 2. The number of H-pyrrole nitrogens is 1. The third-order valence-corrected chi connectivity index (χ3v) is 9.48. The van der Waals surface area contributed by atoms with Gasteiger partial charge in [-0.15, -0.1) is 0 Å². The van der Waals surface area contributed by atoms with Gasteiger partial charge in [-0.25, -0.2) is 14.0 Å². The number of likely N-dealkylation sites (tertiary alicyclic amines) is 2. The first-order valence-electron chi connectivity index (χ1n) is 16.1. The van der Waals surface area contributed by atoms with Crippen molar-refractivity contribution in [3.05, 3.63) is 71.7 Å². The Hall–Kier alpha value is -4.08. The van der Waals surface area contributed by atoms with Gasteiger partial charge in [-0.2, -0.15) is 0 Å². The number of aromatic nitrogens is 1. The standard InChI is InChI=1S/C35H43FN4O5/c1-35(2,3)45-33(42)38-30(23-12-8-5-9-13-23)32(41)39-17-16-29-31(39)27(26-19-37-28-18-24(36)14-15-25(26)28)20-40(29)34(43)44-21-22-10-6-4-7-11-22/h4,6-7,10-11,14-15,18-19,23,27,29-31,37H,5,8-9,12-13,16-17,20-21H2,1-3H3,(H,38,42)/t27-,29-,30+,31-/m1/s1. The zero-order valence-electron chi connectivity index (χ0n) is 26.3. The highest BCUT2D eigenvalue weighted by atomic mass is 19.1. The topological polar surface area (TPSA) is 104 Å². The number of nitrogens with one attached hydrogen (secondary N) is 2. The first-order chi connectivity index (χ1) is 21.6. The predicted octanol–water partition coefficient (Wildman–Crippen LogP) is 6.49. The first kappa shape index (κ1) is 30.9. The molecule has 0 unspecified atom stereocenters. The van der Waals surface area contributed by atoms with Crippen molar-refractivity contribution >= 4 is 29.0 Å². The molecular weight excluding hydrogens is 575 g/mol. The smallest absolute Gasteiger partial charge is 0.410 e. The molecule has 0 radical (unpaired) electrons. The van der Waals surface area contributed by atoms with Crippen LogP contribution in [-0.2, 0) is 20.9 Å². The Kier molecular flexibility index (Phi) is 8.75. The number of carbonyl (C=O) groups is 3. The van der Waals surface area contributed by atoms with Crippen molar-refractivity contribution in [1.82, 2.24) is 20.1 Å². The molecule has 3 amide bonds. The molecule has 3 aromatic rings. The molecule has 0 spiro atoms. The molecule has 45 heavy (non-hydrogen) atoms. The molecule has 3 heterocycles. The molecule has 1 aromatic heterocycles. The van der Waals surface area contributed by atoms with Gasteiger partial charge in [0.2, 0.25) is 5.91 Å². The number of benzene rings is 2. The van der Waals surface area contributed by atoms with Crippen LogP contribution in [0.15, 0.2) is 54.7 Å². The van der Waals surface area contributed by atoms with Crippen molar-refractivity contribution in [3.8, 4) is 0 Å². The summed E-state index contributed by atoms with van der Waals surface area (Å²) in [6.45, 7) is 6.36. The fraction of sp³-hybridized carbons (Fsp3) is 0.514. The summed E-state index contributed by atoms with van der Waals surface area (Å²) in [4.78, 5) is 48.0. The highest BCUT2D eigenvalue weighted by Gasteiger charge is 2.54. The lowest BCUT2D eigenvalue weighted by Gasteiger charge is -2.36. The summed E-state index contributed by atoms with van der Waals surface area (Å²) in [5, 5.41) is 3.81. The lowest BCUT2D eigenvalue weighted by Crippen LogP contribution is -2.55. The van der Waals surface area contributed by atoms with Crippen LogP contribution in [0.25, 0.3) is 10.9 Å². The van der Waals surface area contributed by atoms with Crippen LogP contribution in [0.5, 0.6) is 0 Å². The average molecular weight is 619 g/mol. The fourth-order valence-corrected chi connectivity index (χ4v) is 7.52. The quantitative estimate of drug-likeness (QED) is 0.329. The van der Waals surface area contributed by atoms with Crippen LogP contribution in [0.2, 0.25) is 0 Å². The van der Waals surface area contributed by atoms with Crippen LogP contribution < -0.4 is 5.32 Å². The van der Waals surface area contributed by atoms with Gasteiger partial charge in [0.05, 0.1) is 12.1 Å². The number of hydrogen-bond acceptors (Lipinski definition) is 5. The van der Waals surface area contributed by atoms with Crippen LogP contribution in [0, 0.1) is 11.7 Å². The summed E-state index contributed by atoms with van der Waals surface area (Å²) in [6.07, 6.45) is 6.26. The minimum Gasteiger partial charge on any atom is -0.445 e. The van der Waals surface area contributed by atoms with Crippen molar-refractivity contribution in [2.45, 2.75) is 95.5 Å². The summed E-state index contributed by atoms with van der Waals surface area (Å²) in [6, 6.07) is 12.8. The van der Waals surface area contributed by atoms with Crippen molar-refractivity contribution in [2.75, 3.05) is 13.1 Å². The van der Waals surface area contributed by atoms with E-state index in [0.717, 1.165) is 48.6 Å². The maximum absolute atomic E-state index is 14.6. The largest absolute Gasteiger partial charge is 0.445 e. The number of amides is 3. The van der Waals surface area contributed by atoms with E-state index >= 15 is 0 Å². The molecule has 1 aliphatic carbocycles. The average Bonchev–Trinajstić information content (AvgIpc) is 3.73. The van der Waals surface area contributed by atoms with Crippen LogP contribution in [0.3, 0.4) is 0 Å². The second-order valence-electron chi connectivity index (χ2n) is 13.6. The molecule has 2 aliphatic heterocycles. The van der Waals surface area contributed by atoms with Crippen LogP contribution in [0.4, 0.5) is 14.0 Å². The molecular formula is C35H43FN4O5. The van der Waals surface area contributed by atoms with Gasteiger partial charge in [0.15, 0.2) is 0 Å². The first-order valence-corrected chi connectivity index (χ1v) is 16.1. The number of rotatable bonds is 6. The van der Waals surface area contributed by atoms with E-state index in [1.54, 1.807) is 31.7 Å². The van der Waals surface area contributed by atoms with E-state index in [-0.39, 0.29) is 42.3 Å². The number of nitrogens with zero attached hydrogens (tertiary/aromatic N) is 2.